The number of carbonyl (C=O) groups excluding carboxylic acids is 2. The number of ether oxygens (including phenoxy) is 2. The summed E-state index contributed by atoms with van der Waals surface area (Å²) < 4.78 is 10.0. The molecule has 1 aromatic heterocycles. The zero-order valence-electron chi connectivity index (χ0n) is 14.6. The monoisotopic (exact) mass is 376 g/mol. The molecule has 1 aromatic carbocycles. The number of rotatable bonds is 6. The number of nitrogens with one attached hydrogen (secondary N) is 1. The van der Waals surface area contributed by atoms with E-state index in [-0.39, 0.29) is 18.4 Å². The molecule has 138 valence electrons. The van der Waals surface area contributed by atoms with Crippen LogP contribution in [0.15, 0.2) is 24.3 Å². The Morgan fingerprint density at radius 2 is 2.04 bits per heavy atom. The lowest BCUT2D eigenvalue weighted by atomic mass is 10.2. The number of aromatic nitrogens is 2. The SMILES string of the molecule is COCC(=O)N1CCCC1C(=O)Nc1nnc(-c2ccc(OC)cc2)s1. The molecule has 8 nitrogen and oxygen atoms in total. The molecule has 2 amide bonds. The molecule has 9 heteroatoms. The van der Waals surface area contributed by atoms with Crippen LogP contribution in [-0.4, -0.2) is 60.3 Å². The molecule has 1 aliphatic rings. The lowest BCUT2D eigenvalue weighted by molar-refractivity contribution is -0.139. The van der Waals surface area contributed by atoms with Crippen LogP contribution in [0.1, 0.15) is 12.8 Å². The first-order valence-electron chi connectivity index (χ1n) is 8.19. The quantitative estimate of drug-likeness (QED) is 0.826. The predicted octanol–water partition coefficient (Wildman–Crippen LogP) is 1.79. The molecule has 26 heavy (non-hydrogen) atoms. The first kappa shape index (κ1) is 18.3. The minimum Gasteiger partial charge on any atom is -0.497 e. The highest BCUT2D eigenvalue weighted by Gasteiger charge is 2.34. The van der Waals surface area contributed by atoms with Crippen LogP contribution in [0.4, 0.5) is 5.13 Å². The Kier molecular flexibility index (Phi) is 5.79. The Labute approximate surface area is 155 Å². The second kappa shape index (κ2) is 8.24. The summed E-state index contributed by atoms with van der Waals surface area (Å²) in [5.74, 6) is 0.333. The smallest absolute Gasteiger partial charge is 0.249 e. The molecule has 0 radical (unpaired) electrons. The van der Waals surface area contributed by atoms with Gasteiger partial charge in [-0.25, -0.2) is 0 Å². The van der Waals surface area contributed by atoms with Crippen LogP contribution in [-0.2, 0) is 14.3 Å². The summed E-state index contributed by atoms with van der Waals surface area (Å²) in [5, 5.41) is 12.0. The van der Waals surface area contributed by atoms with Crippen LogP contribution < -0.4 is 10.1 Å². The molecule has 1 unspecified atom stereocenters. The predicted molar refractivity (Wildman–Crippen MR) is 97.1 cm³/mol. The van der Waals surface area contributed by atoms with Crippen molar-refractivity contribution in [2.45, 2.75) is 18.9 Å². The van der Waals surface area contributed by atoms with Gasteiger partial charge >= 0.3 is 0 Å². The van der Waals surface area contributed by atoms with Crippen molar-refractivity contribution < 1.29 is 19.1 Å². The number of hydrogen-bond donors (Lipinski definition) is 1. The van der Waals surface area contributed by atoms with Crippen LogP contribution in [0.3, 0.4) is 0 Å². The van der Waals surface area contributed by atoms with Gasteiger partial charge in [0.1, 0.15) is 23.4 Å². The van der Waals surface area contributed by atoms with E-state index in [1.807, 2.05) is 24.3 Å². The fraction of sp³-hybridized carbons (Fsp3) is 0.412. The largest absolute Gasteiger partial charge is 0.497 e. The summed E-state index contributed by atoms with van der Waals surface area (Å²) in [7, 11) is 3.07. The van der Waals surface area contributed by atoms with Gasteiger partial charge in [-0.1, -0.05) is 11.3 Å². The second-order valence-corrected chi connectivity index (χ2v) is 6.79. The zero-order chi connectivity index (χ0) is 18.5. The molecular weight excluding hydrogens is 356 g/mol. The molecule has 0 bridgehead atoms. The van der Waals surface area contributed by atoms with Gasteiger partial charge in [-0.15, -0.1) is 10.2 Å². The van der Waals surface area contributed by atoms with Gasteiger partial charge in [-0.05, 0) is 37.1 Å². The first-order chi connectivity index (χ1) is 12.6. The number of methoxy groups -OCH3 is 2. The third-order valence-corrected chi connectivity index (χ3v) is 5.02. The van der Waals surface area contributed by atoms with Crippen LogP contribution in [0.2, 0.25) is 0 Å². The Morgan fingerprint density at radius 1 is 1.27 bits per heavy atom. The Hall–Kier alpha value is -2.52. The number of amides is 2. The number of nitrogens with zero attached hydrogens (tertiary/aromatic N) is 3. The van der Waals surface area contributed by atoms with E-state index in [0.29, 0.717) is 23.1 Å². The van der Waals surface area contributed by atoms with Crippen LogP contribution in [0.5, 0.6) is 5.75 Å². The summed E-state index contributed by atoms with van der Waals surface area (Å²) in [6, 6.07) is 6.95. The second-order valence-electron chi connectivity index (χ2n) is 5.81. The number of benzene rings is 1. The maximum Gasteiger partial charge on any atom is 0.249 e. The average Bonchev–Trinajstić information content (AvgIpc) is 3.31. The van der Waals surface area contributed by atoms with E-state index in [2.05, 4.69) is 15.5 Å². The van der Waals surface area contributed by atoms with Gasteiger partial charge < -0.3 is 14.4 Å². The van der Waals surface area contributed by atoms with Gasteiger partial charge in [0.25, 0.3) is 0 Å². The summed E-state index contributed by atoms with van der Waals surface area (Å²) in [5.41, 5.74) is 0.890. The number of carbonyl (C=O) groups is 2. The lowest BCUT2D eigenvalue weighted by Crippen LogP contribution is -2.44. The van der Waals surface area contributed by atoms with E-state index in [9.17, 15) is 9.59 Å². The third-order valence-electron chi connectivity index (χ3n) is 4.14. The maximum absolute atomic E-state index is 12.5. The van der Waals surface area contributed by atoms with Crippen molar-refractivity contribution >= 4 is 28.3 Å². The normalized spacial score (nSPS) is 16.5. The highest BCUT2D eigenvalue weighted by atomic mass is 32.1. The Bertz CT molecular complexity index is 777. The molecule has 0 saturated carbocycles. The molecule has 1 N–H and O–H groups in total. The molecule has 2 heterocycles. The summed E-state index contributed by atoms with van der Waals surface area (Å²) in [4.78, 5) is 26.1. The molecular formula is C17H20N4O4S. The highest BCUT2D eigenvalue weighted by Crippen LogP contribution is 2.28. The van der Waals surface area contributed by atoms with Gasteiger partial charge in [0.05, 0.1) is 7.11 Å². The molecule has 2 aromatic rings. The van der Waals surface area contributed by atoms with Crippen molar-refractivity contribution in [3.8, 4) is 16.3 Å². The van der Waals surface area contributed by atoms with Crippen molar-refractivity contribution in [1.29, 1.82) is 0 Å². The summed E-state index contributed by atoms with van der Waals surface area (Å²) in [6.45, 7) is 0.539. The van der Waals surface area contributed by atoms with Gasteiger partial charge in [-0.2, -0.15) is 0 Å². The number of hydrogen-bond acceptors (Lipinski definition) is 7. The standard InChI is InChI=1S/C17H20N4O4S/c1-24-10-14(22)21-9-3-4-13(21)15(23)18-17-20-19-16(26-17)11-5-7-12(25-2)8-6-11/h5-8,13H,3-4,9-10H2,1-2H3,(H,18,20,23). The Morgan fingerprint density at radius 3 is 2.73 bits per heavy atom. The van der Waals surface area contributed by atoms with Gasteiger partial charge in [0, 0.05) is 19.2 Å². The van der Waals surface area contributed by atoms with Crippen molar-refractivity contribution in [3.63, 3.8) is 0 Å². The highest BCUT2D eigenvalue weighted by molar-refractivity contribution is 7.18. The minimum atomic E-state index is -0.494. The van der Waals surface area contributed by atoms with Crippen molar-refractivity contribution in [3.05, 3.63) is 24.3 Å². The minimum absolute atomic E-state index is 0.0236. The Balaban J connectivity index is 1.66. The van der Waals surface area contributed by atoms with Gasteiger partial charge in [0.15, 0.2) is 0 Å². The van der Waals surface area contributed by atoms with E-state index in [1.165, 1.54) is 18.4 Å². The molecule has 1 aliphatic heterocycles. The van der Waals surface area contributed by atoms with E-state index in [1.54, 1.807) is 12.0 Å². The van der Waals surface area contributed by atoms with Crippen molar-refractivity contribution in [1.82, 2.24) is 15.1 Å². The third kappa shape index (κ3) is 4.00. The van der Waals surface area contributed by atoms with E-state index >= 15 is 0 Å². The molecule has 3 rings (SSSR count). The molecule has 1 fully saturated rings. The van der Waals surface area contributed by atoms with Crippen molar-refractivity contribution in [2.24, 2.45) is 0 Å². The average molecular weight is 376 g/mol. The van der Waals surface area contributed by atoms with E-state index < -0.39 is 6.04 Å². The fourth-order valence-electron chi connectivity index (χ4n) is 2.86. The van der Waals surface area contributed by atoms with Gasteiger partial charge in [-0.3, -0.25) is 14.9 Å². The van der Waals surface area contributed by atoms with Crippen LogP contribution in [0.25, 0.3) is 10.6 Å². The van der Waals surface area contributed by atoms with Crippen molar-refractivity contribution in [2.75, 3.05) is 32.7 Å². The first-order valence-corrected chi connectivity index (χ1v) is 9.01. The van der Waals surface area contributed by atoms with Gasteiger partial charge in [0.2, 0.25) is 16.9 Å². The molecule has 0 spiro atoms. The van der Waals surface area contributed by atoms with E-state index in [4.69, 9.17) is 9.47 Å². The number of likely N-dealkylation sites (tertiary alicyclic amines) is 1. The molecule has 1 atom stereocenters. The van der Waals surface area contributed by atoms with Crippen LogP contribution >= 0.6 is 11.3 Å². The fourth-order valence-corrected chi connectivity index (χ4v) is 3.61. The van der Waals surface area contributed by atoms with Crippen LogP contribution in [0, 0.1) is 0 Å². The topological polar surface area (TPSA) is 93.7 Å². The van der Waals surface area contributed by atoms with E-state index in [0.717, 1.165) is 17.7 Å². The summed E-state index contributed by atoms with van der Waals surface area (Å²) in [6.07, 6.45) is 1.42. The molecule has 0 aliphatic carbocycles. The summed E-state index contributed by atoms with van der Waals surface area (Å²) >= 11 is 1.28. The zero-order valence-corrected chi connectivity index (χ0v) is 15.4. The maximum atomic E-state index is 12.5. The molecule has 1 saturated heterocycles. The lowest BCUT2D eigenvalue weighted by Gasteiger charge is -2.23. The number of anilines is 1.